The topological polar surface area (TPSA) is 161 Å². The summed E-state index contributed by atoms with van der Waals surface area (Å²) in [5.74, 6) is -6.19. The summed E-state index contributed by atoms with van der Waals surface area (Å²) in [6, 6.07) is 0. The van der Waals surface area contributed by atoms with Gasteiger partial charge in [-0.15, -0.1) is 0 Å². The Bertz CT molecular complexity index is 454. The van der Waals surface area contributed by atoms with Crippen molar-refractivity contribution in [1.29, 1.82) is 0 Å². The molecule has 0 heterocycles. The number of carbonyl (C=O) groups is 4. The van der Waals surface area contributed by atoms with Crippen molar-refractivity contribution in [2.75, 3.05) is 0 Å². The van der Waals surface area contributed by atoms with Gasteiger partial charge in [-0.2, -0.15) is 0 Å². The fourth-order valence-corrected chi connectivity index (χ4v) is 3.16. The van der Waals surface area contributed by atoms with Gasteiger partial charge < -0.3 is 39.6 Å². The van der Waals surface area contributed by atoms with Gasteiger partial charge in [0.2, 0.25) is 0 Å². The molecule has 0 unspecified atom stereocenters. The summed E-state index contributed by atoms with van der Waals surface area (Å²) in [7, 11) is 0. The molecule has 0 saturated carbocycles. The van der Waals surface area contributed by atoms with Crippen molar-refractivity contribution in [1.82, 2.24) is 0 Å². The van der Waals surface area contributed by atoms with Crippen molar-refractivity contribution in [3.8, 4) is 0 Å². The zero-order valence-corrected chi connectivity index (χ0v) is 23.5. The van der Waals surface area contributed by atoms with E-state index in [0.29, 0.717) is 0 Å². The Balaban J connectivity index is -0.000000219. The summed E-state index contributed by atoms with van der Waals surface area (Å²) in [6.07, 6.45) is 22.3. The second kappa shape index (κ2) is 34.8. The zero-order chi connectivity index (χ0) is 26.5. The third kappa shape index (κ3) is 50.4. The third-order valence-corrected chi connectivity index (χ3v) is 5.14. The van der Waals surface area contributed by atoms with E-state index in [-0.39, 0.29) is 34.6 Å². The normalized spacial score (nSPS) is 9.54. The number of carboxylic acid groups (broad SMARTS) is 4. The molecule has 0 aliphatic heterocycles. The second-order valence-corrected chi connectivity index (χ2v) is 8.48. The van der Waals surface area contributed by atoms with Gasteiger partial charge in [-0.1, -0.05) is 117 Å². The third-order valence-electron chi connectivity index (χ3n) is 5.14. The first-order valence-corrected chi connectivity index (χ1v) is 13.0. The van der Waals surface area contributed by atoms with Gasteiger partial charge in [-0.05, 0) is 25.7 Å². The number of carbonyl (C=O) groups excluding carboxylic acids is 4. The smallest absolute Gasteiger partial charge is 0.550 e. The average molecular weight is 535 g/mol. The molecule has 0 atom stereocenters. The maximum absolute atomic E-state index is 10.1. The molecule has 0 amide bonds. The monoisotopic (exact) mass is 534 g/mol. The minimum absolute atomic E-state index is 0. The molecule has 0 fully saturated rings. The Hall–Kier alpha value is -1.41. The molecule has 0 bridgehead atoms. The molecule has 0 spiro atoms. The fourth-order valence-electron chi connectivity index (χ4n) is 3.16. The molecule has 202 valence electrons. The van der Waals surface area contributed by atoms with Crippen molar-refractivity contribution < 1.29 is 61.3 Å². The van der Waals surface area contributed by atoms with E-state index in [9.17, 15) is 19.8 Å². The molecule has 0 aromatic rings. The molecule has 9 heteroatoms. The van der Waals surface area contributed by atoms with Gasteiger partial charge in [0.15, 0.2) is 0 Å². The zero-order valence-electron chi connectivity index (χ0n) is 21.9. The van der Waals surface area contributed by atoms with Gasteiger partial charge in [0.1, 0.15) is 0 Å². The molecule has 0 aliphatic carbocycles. The Morgan fingerprint density at radius 1 is 0.400 bits per heavy atom. The number of carboxylic acids is 4. The summed E-state index contributed by atoms with van der Waals surface area (Å²) in [6.45, 7) is 4.44. The summed E-state index contributed by atoms with van der Waals surface area (Å²) in [4.78, 5) is 38.0. The van der Waals surface area contributed by atoms with Crippen LogP contribution < -0.4 is 20.4 Å². The van der Waals surface area contributed by atoms with Gasteiger partial charge in [0.25, 0.3) is 0 Å². The van der Waals surface area contributed by atoms with E-state index < -0.39 is 23.9 Å². The first-order chi connectivity index (χ1) is 16.2. The standard InChI is InChI=1S/2C12H24O2.C2H2O4.Ti/c2*1-2-3-4-5-6-7-8-9-10-11-12(13)14;3-1(4)2(5)6;/h2*2-11H2,1H3,(H,13,14);(H,3,4)(H,5,6);/q;;;+4/p-4. The number of rotatable bonds is 20. The molecule has 0 N–H and O–H groups in total. The van der Waals surface area contributed by atoms with E-state index in [1.807, 2.05) is 0 Å². The van der Waals surface area contributed by atoms with Crippen LogP contribution in [0.15, 0.2) is 0 Å². The van der Waals surface area contributed by atoms with Crippen molar-refractivity contribution in [2.24, 2.45) is 0 Å². The van der Waals surface area contributed by atoms with Gasteiger partial charge in [0, 0.05) is 11.9 Å². The molecule has 0 aliphatic rings. The molecule has 0 saturated heterocycles. The maximum Gasteiger partial charge on any atom is 4.00 e. The number of hydrogen-bond acceptors (Lipinski definition) is 8. The van der Waals surface area contributed by atoms with Crippen molar-refractivity contribution in [3.05, 3.63) is 0 Å². The molecular weight excluding hydrogens is 488 g/mol. The quantitative estimate of drug-likeness (QED) is 0.130. The SMILES string of the molecule is CCCCCCCCCCCC(=O)[O-].CCCCCCCCCCCC(=O)[O-].O=C([O-])C(=O)[O-].[Ti+4]. The van der Waals surface area contributed by atoms with Crippen LogP contribution in [-0.2, 0) is 40.9 Å². The number of hydrogen-bond donors (Lipinski definition) is 0. The first-order valence-electron chi connectivity index (χ1n) is 13.0. The predicted molar refractivity (Wildman–Crippen MR) is 124 cm³/mol. The molecule has 0 aromatic carbocycles. The Morgan fingerprint density at radius 2 is 0.600 bits per heavy atom. The molecule has 0 rings (SSSR count). The van der Waals surface area contributed by atoms with Gasteiger partial charge in [-0.3, -0.25) is 0 Å². The van der Waals surface area contributed by atoms with E-state index in [4.69, 9.17) is 19.8 Å². The van der Waals surface area contributed by atoms with Gasteiger partial charge >= 0.3 is 21.7 Å². The van der Waals surface area contributed by atoms with E-state index in [1.165, 1.54) is 89.9 Å². The van der Waals surface area contributed by atoms with Crippen LogP contribution in [0.4, 0.5) is 0 Å². The minimum atomic E-state index is -2.19. The number of unbranched alkanes of at least 4 members (excludes halogenated alkanes) is 16. The summed E-state index contributed by atoms with van der Waals surface area (Å²) in [5, 5.41) is 38.0. The van der Waals surface area contributed by atoms with Gasteiger partial charge in [0.05, 0.1) is 11.9 Å². The second-order valence-electron chi connectivity index (χ2n) is 8.48. The van der Waals surface area contributed by atoms with E-state index in [2.05, 4.69) is 13.8 Å². The van der Waals surface area contributed by atoms with Crippen LogP contribution in [0.1, 0.15) is 142 Å². The van der Waals surface area contributed by atoms with Crippen LogP contribution in [0.2, 0.25) is 0 Å². The average Bonchev–Trinajstić information content (AvgIpc) is 2.77. The Kier molecular flexibility index (Phi) is 40.5. The minimum Gasteiger partial charge on any atom is -0.550 e. The van der Waals surface area contributed by atoms with E-state index >= 15 is 0 Å². The van der Waals surface area contributed by atoms with Crippen LogP contribution in [0.3, 0.4) is 0 Å². The van der Waals surface area contributed by atoms with Gasteiger partial charge in [-0.25, -0.2) is 0 Å². The Morgan fingerprint density at radius 3 is 0.771 bits per heavy atom. The predicted octanol–water partition coefficient (Wildman–Crippen LogP) is 1.80. The fraction of sp³-hybridized carbons (Fsp3) is 0.846. The van der Waals surface area contributed by atoms with Crippen LogP contribution >= 0.6 is 0 Å². The largest absolute Gasteiger partial charge is 4.00 e. The molecule has 0 aromatic heterocycles. The summed E-state index contributed by atoms with van der Waals surface area (Å²) in [5.41, 5.74) is 0. The van der Waals surface area contributed by atoms with E-state index in [1.54, 1.807) is 0 Å². The van der Waals surface area contributed by atoms with Crippen LogP contribution in [0.25, 0.3) is 0 Å². The molecule has 0 radical (unpaired) electrons. The maximum atomic E-state index is 10.1. The van der Waals surface area contributed by atoms with Crippen LogP contribution in [0, 0.1) is 0 Å². The molecular formula is C26H46O8Ti. The van der Waals surface area contributed by atoms with Crippen molar-refractivity contribution in [3.63, 3.8) is 0 Å². The Labute approximate surface area is 227 Å². The van der Waals surface area contributed by atoms with Crippen LogP contribution in [0.5, 0.6) is 0 Å². The van der Waals surface area contributed by atoms with Crippen LogP contribution in [-0.4, -0.2) is 23.9 Å². The summed E-state index contributed by atoms with van der Waals surface area (Å²) < 4.78 is 0. The molecule has 8 nitrogen and oxygen atoms in total. The van der Waals surface area contributed by atoms with E-state index in [0.717, 1.165) is 25.7 Å². The first kappa shape index (κ1) is 40.8. The van der Waals surface area contributed by atoms with Crippen molar-refractivity contribution in [2.45, 2.75) is 142 Å². The van der Waals surface area contributed by atoms with Crippen molar-refractivity contribution >= 4 is 23.9 Å². The molecule has 35 heavy (non-hydrogen) atoms. The summed E-state index contributed by atoms with van der Waals surface area (Å²) >= 11 is 0. The number of aliphatic carboxylic acids is 4.